The lowest BCUT2D eigenvalue weighted by atomic mass is 9.99. The third kappa shape index (κ3) is 2.53. The summed E-state index contributed by atoms with van der Waals surface area (Å²) in [5.74, 6) is 0.312. The van der Waals surface area contributed by atoms with E-state index in [0.29, 0.717) is 23.2 Å². The SMILES string of the molecule is Cc1ccc(S(=O)(=O)N2CCC(c3ccccc3)C2)s1. The second-order valence-electron chi connectivity index (χ2n) is 5.12. The summed E-state index contributed by atoms with van der Waals surface area (Å²) in [5.41, 5.74) is 1.23. The van der Waals surface area contributed by atoms with Crippen molar-refractivity contribution in [2.45, 2.75) is 23.5 Å². The first kappa shape index (κ1) is 13.8. The van der Waals surface area contributed by atoms with E-state index < -0.39 is 10.0 Å². The van der Waals surface area contributed by atoms with E-state index in [-0.39, 0.29) is 0 Å². The first-order valence-corrected chi connectivity index (χ1v) is 8.94. The molecule has 1 aliphatic rings. The Balaban J connectivity index is 1.80. The summed E-state index contributed by atoms with van der Waals surface area (Å²) in [6.07, 6.45) is 0.896. The molecule has 1 aromatic heterocycles. The standard InChI is InChI=1S/C15H17NO2S2/c1-12-7-8-15(19-12)20(17,18)16-10-9-14(11-16)13-5-3-2-4-6-13/h2-8,14H,9-11H2,1H3. The molecule has 0 amide bonds. The van der Waals surface area contributed by atoms with E-state index in [1.54, 1.807) is 10.4 Å². The number of benzene rings is 1. The van der Waals surface area contributed by atoms with Gasteiger partial charge in [-0.2, -0.15) is 4.31 Å². The maximum atomic E-state index is 12.6. The van der Waals surface area contributed by atoms with Crippen LogP contribution in [0.4, 0.5) is 0 Å². The van der Waals surface area contributed by atoms with Crippen LogP contribution in [0.3, 0.4) is 0 Å². The second kappa shape index (κ2) is 5.31. The van der Waals surface area contributed by atoms with Gasteiger partial charge in [-0.15, -0.1) is 11.3 Å². The van der Waals surface area contributed by atoms with E-state index in [2.05, 4.69) is 12.1 Å². The van der Waals surface area contributed by atoms with Gasteiger partial charge in [-0.1, -0.05) is 30.3 Å². The molecule has 2 heterocycles. The average Bonchev–Trinajstić information content (AvgIpc) is 3.09. The number of hydrogen-bond acceptors (Lipinski definition) is 3. The summed E-state index contributed by atoms with van der Waals surface area (Å²) < 4.78 is 27.2. The average molecular weight is 307 g/mol. The third-order valence-electron chi connectivity index (χ3n) is 3.73. The fourth-order valence-electron chi connectivity index (χ4n) is 2.62. The molecular formula is C15H17NO2S2. The number of thiophene rings is 1. The van der Waals surface area contributed by atoms with Crippen LogP contribution in [0.1, 0.15) is 22.8 Å². The van der Waals surface area contributed by atoms with Crippen LogP contribution in [-0.2, 0) is 10.0 Å². The molecule has 20 heavy (non-hydrogen) atoms. The van der Waals surface area contributed by atoms with E-state index in [1.807, 2.05) is 31.2 Å². The minimum absolute atomic E-state index is 0.312. The first-order valence-electron chi connectivity index (χ1n) is 6.69. The zero-order valence-corrected chi connectivity index (χ0v) is 13.0. The summed E-state index contributed by atoms with van der Waals surface area (Å²) in [5, 5.41) is 0. The van der Waals surface area contributed by atoms with Crippen LogP contribution in [0.25, 0.3) is 0 Å². The molecule has 0 aliphatic carbocycles. The molecule has 2 aromatic rings. The Morgan fingerprint density at radius 3 is 2.55 bits per heavy atom. The zero-order chi connectivity index (χ0) is 14.2. The molecule has 3 nitrogen and oxygen atoms in total. The van der Waals surface area contributed by atoms with Crippen molar-refractivity contribution in [3.05, 3.63) is 52.9 Å². The van der Waals surface area contributed by atoms with E-state index in [0.717, 1.165) is 11.3 Å². The van der Waals surface area contributed by atoms with Gasteiger partial charge >= 0.3 is 0 Å². The van der Waals surface area contributed by atoms with Gasteiger partial charge in [0, 0.05) is 18.0 Å². The lowest BCUT2D eigenvalue weighted by molar-refractivity contribution is 0.474. The summed E-state index contributed by atoms with van der Waals surface area (Å²) in [6.45, 7) is 3.13. The largest absolute Gasteiger partial charge is 0.252 e. The van der Waals surface area contributed by atoms with Crippen molar-refractivity contribution < 1.29 is 8.42 Å². The lowest BCUT2D eigenvalue weighted by Gasteiger charge is -2.15. The predicted octanol–water partition coefficient (Wildman–Crippen LogP) is 3.23. The van der Waals surface area contributed by atoms with Gasteiger partial charge in [0.25, 0.3) is 10.0 Å². The van der Waals surface area contributed by atoms with Crippen molar-refractivity contribution >= 4 is 21.4 Å². The molecule has 0 N–H and O–H groups in total. The number of hydrogen-bond donors (Lipinski definition) is 0. The summed E-state index contributed by atoms with van der Waals surface area (Å²) >= 11 is 1.35. The van der Waals surface area contributed by atoms with Gasteiger partial charge in [0.2, 0.25) is 0 Å². The molecule has 1 atom stereocenters. The van der Waals surface area contributed by atoms with Crippen LogP contribution in [0.2, 0.25) is 0 Å². The monoisotopic (exact) mass is 307 g/mol. The van der Waals surface area contributed by atoms with E-state index in [4.69, 9.17) is 0 Å². The Morgan fingerprint density at radius 2 is 1.90 bits per heavy atom. The number of sulfonamides is 1. The van der Waals surface area contributed by atoms with Gasteiger partial charge in [-0.25, -0.2) is 8.42 Å². The van der Waals surface area contributed by atoms with Crippen molar-refractivity contribution in [2.24, 2.45) is 0 Å². The van der Waals surface area contributed by atoms with Gasteiger partial charge in [0.15, 0.2) is 0 Å². The molecule has 1 unspecified atom stereocenters. The third-order valence-corrected chi connectivity index (χ3v) is 7.07. The van der Waals surface area contributed by atoms with Gasteiger partial charge in [-0.3, -0.25) is 0 Å². The maximum absolute atomic E-state index is 12.6. The van der Waals surface area contributed by atoms with Crippen LogP contribution >= 0.6 is 11.3 Å². The molecule has 1 aliphatic heterocycles. The molecule has 1 fully saturated rings. The highest BCUT2D eigenvalue weighted by Gasteiger charge is 2.33. The van der Waals surface area contributed by atoms with Crippen LogP contribution in [0.15, 0.2) is 46.7 Å². The highest BCUT2D eigenvalue weighted by molar-refractivity contribution is 7.91. The Kier molecular flexibility index (Phi) is 3.67. The smallest absolute Gasteiger partial charge is 0.206 e. The molecule has 3 rings (SSSR count). The molecule has 0 spiro atoms. The topological polar surface area (TPSA) is 37.4 Å². The molecule has 1 saturated heterocycles. The van der Waals surface area contributed by atoms with Crippen molar-refractivity contribution in [2.75, 3.05) is 13.1 Å². The zero-order valence-electron chi connectivity index (χ0n) is 11.3. The molecule has 0 saturated carbocycles. The Morgan fingerprint density at radius 1 is 1.15 bits per heavy atom. The summed E-state index contributed by atoms with van der Waals surface area (Å²) in [7, 11) is -3.31. The van der Waals surface area contributed by atoms with E-state index in [9.17, 15) is 8.42 Å². The molecule has 1 aromatic carbocycles. The van der Waals surface area contributed by atoms with Crippen LogP contribution in [0.5, 0.6) is 0 Å². The summed E-state index contributed by atoms with van der Waals surface area (Å²) in [4.78, 5) is 1.03. The van der Waals surface area contributed by atoms with Gasteiger partial charge < -0.3 is 0 Å². The molecular weight excluding hydrogens is 290 g/mol. The Labute approximate surface area is 123 Å². The Bertz CT molecular complexity index is 692. The quantitative estimate of drug-likeness (QED) is 0.873. The van der Waals surface area contributed by atoms with Crippen LogP contribution in [0, 0.1) is 6.92 Å². The van der Waals surface area contributed by atoms with Gasteiger partial charge in [-0.05, 0) is 37.0 Å². The van der Waals surface area contributed by atoms with E-state index in [1.165, 1.54) is 16.9 Å². The fourth-order valence-corrected chi connectivity index (χ4v) is 5.56. The molecule has 5 heteroatoms. The predicted molar refractivity (Wildman–Crippen MR) is 81.6 cm³/mol. The Hall–Kier alpha value is -1.17. The number of rotatable bonds is 3. The van der Waals surface area contributed by atoms with Crippen molar-refractivity contribution in [1.29, 1.82) is 0 Å². The fraction of sp³-hybridized carbons (Fsp3) is 0.333. The highest BCUT2D eigenvalue weighted by Crippen LogP contribution is 2.32. The molecule has 0 bridgehead atoms. The van der Waals surface area contributed by atoms with Crippen molar-refractivity contribution in [3.8, 4) is 0 Å². The van der Waals surface area contributed by atoms with Gasteiger partial charge in [0.05, 0.1) is 0 Å². The first-order chi connectivity index (χ1) is 9.57. The van der Waals surface area contributed by atoms with Crippen molar-refractivity contribution in [3.63, 3.8) is 0 Å². The second-order valence-corrected chi connectivity index (χ2v) is 8.58. The molecule has 106 valence electrons. The number of nitrogens with zero attached hydrogens (tertiary/aromatic N) is 1. The van der Waals surface area contributed by atoms with Crippen molar-refractivity contribution in [1.82, 2.24) is 4.31 Å². The summed E-state index contributed by atoms with van der Waals surface area (Å²) in [6, 6.07) is 13.7. The minimum Gasteiger partial charge on any atom is -0.206 e. The lowest BCUT2D eigenvalue weighted by Crippen LogP contribution is -2.28. The van der Waals surface area contributed by atoms with Crippen LogP contribution < -0.4 is 0 Å². The van der Waals surface area contributed by atoms with Crippen LogP contribution in [-0.4, -0.2) is 25.8 Å². The van der Waals surface area contributed by atoms with E-state index >= 15 is 0 Å². The maximum Gasteiger partial charge on any atom is 0.252 e. The number of aryl methyl sites for hydroxylation is 1. The minimum atomic E-state index is -3.31. The molecule has 0 radical (unpaired) electrons. The highest BCUT2D eigenvalue weighted by atomic mass is 32.2. The normalized spacial score (nSPS) is 20.4. The van der Waals surface area contributed by atoms with Gasteiger partial charge in [0.1, 0.15) is 4.21 Å².